The highest BCUT2D eigenvalue weighted by atomic mass is 32.2. The monoisotopic (exact) mass is 311 g/mol. The van der Waals surface area contributed by atoms with E-state index in [1.54, 1.807) is 0 Å². The summed E-state index contributed by atoms with van der Waals surface area (Å²) in [7, 11) is -3.86. The Morgan fingerprint density at radius 2 is 1.80 bits per heavy atom. The lowest BCUT2D eigenvalue weighted by atomic mass is 10.1. The van der Waals surface area contributed by atoms with Gasteiger partial charge in [-0.3, -0.25) is 4.79 Å². The Bertz CT molecular complexity index is 792. The van der Waals surface area contributed by atoms with E-state index >= 15 is 0 Å². The number of aromatic carboxylic acids is 1. The van der Waals surface area contributed by atoms with Gasteiger partial charge in [0, 0.05) is 10.9 Å². The number of primary sulfonamides is 1. The molecule has 0 saturated carbocycles. The molecule has 1 heterocycles. The summed E-state index contributed by atoms with van der Waals surface area (Å²) in [5.41, 5.74) is 0.159. The fraction of sp³-hybridized carbons (Fsp3) is 0. The number of sulfonamides is 1. The molecule has 0 aliphatic heterocycles. The van der Waals surface area contributed by atoms with Crippen molar-refractivity contribution >= 4 is 33.1 Å². The van der Waals surface area contributed by atoms with E-state index in [1.807, 2.05) is 0 Å². The maximum atomic E-state index is 12.1. The van der Waals surface area contributed by atoms with Crippen molar-refractivity contribution < 1.29 is 23.1 Å². The van der Waals surface area contributed by atoms with Crippen molar-refractivity contribution in [3.05, 3.63) is 51.7 Å². The summed E-state index contributed by atoms with van der Waals surface area (Å²) >= 11 is 0.937. The number of carbonyl (C=O) groups excluding carboxylic acids is 1. The van der Waals surface area contributed by atoms with Gasteiger partial charge in [-0.2, -0.15) is 0 Å². The fourth-order valence-corrected chi connectivity index (χ4v) is 3.29. The lowest BCUT2D eigenvalue weighted by Gasteiger charge is -2.00. The number of hydrogen-bond donors (Lipinski definition) is 2. The van der Waals surface area contributed by atoms with Crippen LogP contribution in [-0.2, 0) is 10.0 Å². The van der Waals surface area contributed by atoms with Crippen LogP contribution in [0.3, 0.4) is 0 Å². The third kappa shape index (κ3) is 2.93. The minimum absolute atomic E-state index is 0.0147. The van der Waals surface area contributed by atoms with Crippen LogP contribution in [-0.4, -0.2) is 25.3 Å². The second-order valence-electron chi connectivity index (χ2n) is 3.91. The third-order valence-corrected chi connectivity index (χ3v) is 4.47. The summed E-state index contributed by atoms with van der Waals surface area (Å²) in [6.45, 7) is 0. The summed E-state index contributed by atoms with van der Waals surface area (Å²) in [5.74, 6) is -1.59. The van der Waals surface area contributed by atoms with Gasteiger partial charge in [0.1, 0.15) is 0 Å². The smallest absolute Gasteiger partial charge is 0.335 e. The molecule has 0 fully saturated rings. The van der Waals surface area contributed by atoms with E-state index in [0.29, 0.717) is 0 Å². The van der Waals surface area contributed by atoms with Crippen LogP contribution in [0.15, 0.2) is 40.6 Å². The molecule has 0 aliphatic carbocycles. The van der Waals surface area contributed by atoms with Crippen molar-refractivity contribution in [2.24, 2.45) is 5.14 Å². The van der Waals surface area contributed by atoms with E-state index in [4.69, 9.17) is 10.2 Å². The summed E-state index contributed by atoms with van der Waals surface area (Å²) in [5, 5.41) is 15.1. The molecule has 8 heteroatoms. The summed E-state index contributed by atoms with van der Waals surface area (Å²) in [6.07, 6.45) is 0. The molecule has 0 unspecified atom stereocenters. The van der Waals surface area contributed by atoms with Gasteiger partial charge in [-0.25, -0.2) is 18.4 Å². The second kappa shape index (κ2) is 5.16. The molecule has 0 spiro atoms. The van der Waals surface area contributed by atoms with Crippen molar-refractivity contribution in [2.75, 3.05) is 0 Å². The van der Waals surface area contributed by atoms with Crippen molar-refractivity contribution in [2.45, 2.75) is 4.90 Å². The molecular formula is C12H9NO5S2. The van der Waals surface area contributed by atoms with Gasteiger partial charge < -0.3 is 5.11 Å². The lowest BCUT2D eigenvalue weighted by Crippen LogP contribution is -2.11. The van der Waals surface area contributed by atoms with Crippen LogP contribution in [0.1, 0.15) is 25.6 Å². The van der Waals surface area contributed by atoms with Crippen LogP contribution in [0.25, 0.3) is 0 Å². The predicted molar refractivity (Wildman–Crippen MR) is 72.5 cm³/mol. The lowest BCUT2D eigenvalue weighted by molar-refractivity contribution is 0.0697. The molecular weight excluding hydrogens is 302 g/mol. The summed E-state index contributed by atoms with van der Waals surface area (Å²) in [4.78, 5) is 23.0. The zero-order valence-electron chi connectivity index (χ0n) is 9.94. The van der Waals surface area contributed by atoms with Crippen LogP contribution in [0.4, 0.5) is 0 Å². The molecule has 2 aromatic rings. The molecule has 0 bridgehead atoms. The maximum absolute atomic E-state index is 12.1. The van der Waals surface area contributed by atoms with Crippen LogP contribution in [0, 0.1) is 0 Å². The zero-order chi connectivity index (χ0) is 14.9. The Morgan fingerprint density at radius 3 is 2.35 bits per heavy atom. The van der Waals surface area contributed by atoms with Gasteiger partial charge in [0.05, 0.1) is 15.3 Å². The maximum Gasteiger partial charge on any atom is 0.335 e. The first-order valence-electron chi connectivity index (χ1n) is 5.28. The number of thiophene rings is 1. The van der Waals surface area contributed by atoms with Gasteiger partial charge in [0.15, 0.2) is 0 Å². The van der Waals surface area contributed by atoms with E-state index in [1.165, 1.54) is 35.7 Å². The number of benzene rings is 1. The average Bonchev–Trinajstić information content (AvgIpc) is 2.87. The van der Waals surface area contributed by atoms with E-state index in [0.717, 1.165) is 11.3 Å². The summed E-state index contributed by atoms with van der Waals surface area (Å²) in [6, 6.07) is 6.69. The third-order valence-electron chi connectivity index (χ3n) is 2.50. The molecule has 0 radical (unpaired) electrons. The second-order valence-corrected chi connectivity index (χ2v) is 6.38. The Labute approximate surface area is 118 Å². The molecule has 0 atom stereocenters. The fourth-order valence-electron chi connectivity index (χ4n) is 1.52. The topological polar surface area (TPSA) is 115 Å². The first-order chi connectivity index (χ1) is 9.29. The van der Waals surface area contributed by atoms with Crippen LogP contribution in [0.2, 0.25) is 0 Å². The van der Waals surface area contributed by atoms with Crippen molar-refractivity contribution in [3.8, 4) is 0 Å². The van der Waals surface area contributed by atoms with Crippen molar-refractivity contribution in [1.29, 1.82) is 0 Å². The van der Waals surface area contributed by atoms with Crippen LogP contribution < -0.4 is 5.14 Å². The highest BCUT2D eigenvalue weighted by molar-refractivity contribution is 7.89. The Kier molecular flexibility index (Phi) is 3.71. The standard InChI is InChI=1S/C12H9NO5S2/c13-20(17,18)9-5-10(19-6-9)11(14)7-2-1-3-8(4-7)12(15)16/h1-6H,(H,15,16)(H2,13,17,18). The van der Waals surface area contributed by atoms with Crippen LogP contribution >= 0.6 is 11.3 Å². The largest absolute Gasteiger partial charge is 0.478 e. The minimum atomic E-state index is -3.86. The molecule has 0 aliphatic rings. The number of ketones is 1. The molecule has 0 amide bonds. The SMILES string of the molecule is NS(=O)(=O)c1csc(C(=O)c2cccc(C(=O)O)c2)c1. The molecule has 6 nitrogen and oxygen atoms in total. The Hall–Kier alpha value is -2.03. The molecule has 0 saturated heterocycles. The van der Waals surface area contributed by atoms with E-state index in [2.05, 4.69) is 0 Å². The van der Waals surface area contributed by atoms with Crippen molar-refractivity contribution in [1.82, 2.24) is 0 Å². The highest BCUT2D eigenvalue weighted by Gasteiger charge is 2.17. The molecule has 3 N–H and O–H groups in total. The Balaban J connectivity index is 2.39. The Morgan fingerprint density at radius 1 is 1.15 bits per heavy atom. The zero-order valence-corrected chi connectivity index (χ0v) is 11.6. The first kappa shape index (κ1) is 14.4. The number of rotatable bonds is 4. The van der Waals surface area contributed by atoms with Gasteiger partial charge in [0.2, 0.25) is 15.8 Å². The first-order valence-corrected chi connectivity index (χ1v) is 7.71. The molecule has 1 aromatic carbocycles. The van der Waals surface area contributed by atoms with E-state index in [9.17, 15) is 18.0 Å². The number of hydrogen-bond acceptors (Lipinski definition) is 5. The molecule has 104 valence electrons. The molecule has 20 heavy (non-hydrogen) atoms. The number of carboxylic acids is 1. The van der Waals surface area contributed by atoms with Gasteiger partial charge in [-0.05, 0) is 18.2 Å². The normalized spacial score (nSPS) is 11.2. The van der Waals surface area contributed by atoms with Crippen molar-refractivity contribution in [3.63, 3.8) is 0 Å². The average molecular weight is 311 g/mol. The van der Waals surface area contributed by atoms with Gasteiger partial charge in [0.25, 0.3) is 0 Å². The predicted octanol–water partition coefficient (Wildman–Crippen LogP) is 1.32. The highest BCUT2D eigenvalue weighted by Crippen LogP contribution is 2.21. The van der Waals surface area contributed by atoms with E-state index in [-0.39, 0.29) is 20.9 Å². The van der Waals surface area contributed by atoms with Crippen LogP contribution in [0.5, 0.6) is 0 Å². The minimum Gasteiger partial charge on any atom is -0.478 e. The van der Waals surface area contributed by atoms with Gasteiger partial charge >= 0.3 is 5.97 Å². The number of nitrogens with two attached hydrogens (primary N) is 1. The quantitative estimate of drug-likeness (QED) is 0.826. The van der Waals surface area contributed by atoms with E-state index < -0.39 is 21.8 Å². The van der Waals surface area contributed by atoms with Gasteiger partial charge in [-0.1, -0.05) is 12.1 Å². The number of carbonyl (C=O) groups is 2. The summed E-state index contributed by atoms with van der Waals surface area (Å²) < 4.78 is 22.3. The van der Waals surface area contributed by atoms with Gasteiger partial charge in [-0.15, -0.1) is 11.3 Å². The number of carboxylic acid groups (broad SMARTS) is 1. The molecule has 1 aromatic heterocycles. The molecule has 2 rings (SSSR count).